The molecule has 11 heteroatoms. The largest absolute Gasteiger partial charge is 0.490 e. The van der Waals surface area contributed by atoms with Gasteiger partial charge >= 0.3 is 16.1 Å². The standard InChI is InChI=1S/C22H21NO8S2/c1-3-29-18-12-15(10-11-17(18)31-33(27,28)16-8-6-5-7-9-16)13-19-21(25)23(22(26)32-19)14-20(24)30-4-2/h5-13H,3-4,14H2,1-2H3/b19-13-. The second-order valence-electron chi connectivity index (χ2n) is 6.56. The summed E-state index contributed by atoms with van der Waals surface area (Å²) in [7, 11) is -4.08. The van der Waals surface area contributed by atoms with E-state index in [1.54, 1.807) is 32.0 Å². The van der Waals surface area contributed by atoms with Crippen molar-refractivity contribution in [2.75, 3.05) is 19.8 Å². The van der Waals surface area contributed by atoms with E-state index in [0.29, 0.717) is 17.3 Å². The molecule has 33 heavy (non-hydrogen) atoms. The molecule has 9 nitrogen and oxygen atoms in total. The Morgan fingerprint density at radius 2 is 1.76 bits per heavy atom. The molecule has 2 amide bonds. The molecule has 174 valence electrons. The van der Waals surface area contributed by atoms with Gasteiger partial charge in [0, 0.05) is 0 Å². The number of rotatable bonds is 9. The molecule has 0 aromatic heterocycles. The Morgan fingerprint density at radius 3 is 2.42 bits per heavy atom. The molecule has 0 saturated carbocycles. The lowest BCUT2D eigenvalue weighted by molar-refractivity contribution is -0.145. The van der Waals surface area contributed by atoms with Gasteiger partial charge in [-0.15, -0.1) is 0 Å². The summed E-state index contributed by atoms with van der Waals surface area (Å²) in [5.74, 6) is -1.17. The van der Waals surface area contributed by atoms with Crippen LogP contribution in [0.15, 0.2) is 58.3 Å². The van der Waals surface area contributed by atoms with Crippen LogP contribution in [0.5, 0.6) is 11.5 Å². The van der Waals surface area contributed by atoms with Gasteiger partial charge in [0.25, 0.3) is 11.1 Å². The molecular weight excluding hydrogens is 470 g/mol. The van der Waals surface area contributed by atoms with Gasteiger partial charge in [0.2, 0.25) is 0 Å². The molecule has 1 aliphatic rings. The number of ether oxygens (including phenoxy) is 2. The fraction of sp³-hybridized carbons (Fsp3) is 0.227. The third kappa shape index (κ3) is 5.93. The van der Waals surface area contributed by atoms with Crippen molar-refractivity contribution in [3.63, 3.8) is 0 Å². The highest BCUT2D eigenvalue weighted by molar-refractivity contribution is 8.18. The highest BCUT2D eigenvalue weighted by atomic mass is 32.2. The lowest BCUT2D eigenvalue weighted by Crippen LogP contribution is -2.34. The van der Waals surface area contributed by atoms with Crippen molar-refractivity contribution in [2.24, 2.45) is 0 Å². The molecule has 0 aliphatic carbocycles. The quantitative estimate of drug-likeness (QED) is 0.295. The van der Waals surface area contributed by atoms with Crippen molar-refractivity contribution in [1.82, 2.24) is 4.90 Å². The van der Waals surface area contributed by atoms with Crippen LogP contribution < -0.4 is 8.92 Å². The van der Waals surface area contributed by atoms with E-state index in [-0.39, 0.29) is 34.5 Å². The number of amides is 2. The number of carbonyl (C=O) groups is 3. The lowest BCUT2D eigenvalue weighted by Gasteiger charge is -2.13. The van der Waals surface area contributed by atoms with Gasteiger partial charge in [-0.2, -0.15) is 8.42 Å². The number of imide groups is 1. The van der Waals surface area contributed by atoms with E-state index >= 15 is 0 Å². The first-order valence-electron chi connectivity index (χ1n) is 9.92. The molecular formula is C22H21NO8S2. The van der Waals surface area contributed by atoms with Gasteiger partial charge in [-0.3, -0.25) is 19.3 Å². The average Bonchev–Trinajstić information content (AvgIpc) is 3.03. The molecule has 0 unspecified atom stereocenters. The minimum absolute atomic E-state index is 0.00759. The number of hydrogen-bond donors (Lipinski definition) is 0. The summed E-state index contributed by atoms with van der Waals surface area (Å²) in [6.07, 6.45) is 1.45. The van der Waals surface area contributed by atoms with E-state index < -0.39 is 33.8 Å². The van der Waals surface area contributed by atoms with E-state index in [0.717, 1.165) is 4.90 Å². The van der Waals surface area contributed by atoms with Crippen LogP contribution in [0.25, 0.3) is 6.08 Å². The Balaban J connectivity index is 1.84. The second-order valence-corrected chi connectivity index (χ2v) is 9.10. The van der Waals surface area contributed by atoms with Crippen LogP contribution in [0, 0.1) is 0 Å². The topological polar surface area (TPSA) is 116 Å². The van der Waals surface area contributed by atoms with Crippen LogP contribution in [0.3, 0.4) is 0 Å². The molecule has 1 heterocycles. The molecule has 0 bridgehead atoms. The van der Waals surface area contributed by atoms with Crippen molar-refractivity contribution in [2.45, 2.75) is 18.7 Å². The zero-order chi connectivity index (χ0) is 24.0. The van der Waals surface area contributed by atoms with Crippen LogP contribution >= 0.6 is 11.8 Å². The highest BCUT2D eigenvalue weighted by Crippen LogP contribution is 2.35. The summed E-state index contributed by atoms with van der Waals surface area (Å²) in [5.41, 5.74) is 0.476. The fourth-order valence-electron chi connectivity index (χ4n) is 2.83. The Kier molecular flexibility index (Phi) is 7.77. The molecule has 2 aromatic rings. The van der Waals surface area contributed by atoms with Gasteiger partial charge in [-0.25, -0.2) is 0 Å². The molecule has 2 aromatic carbocycles. The summed E-state index contributed by atoms with van der Waals surface area (Å²) in [6.45, 7) is 3.26. The molecule has 0 atom stereocenters. The third-order valence-corrected chi connectivity index (χ3v) is 6.42. The predicted molar refractivity (Wildman–Crippen MR) is 121 cm³/mol. The highest BCUT2D eigenvalue weighted by Gasteiger charge is 2.36. The van der Waals surface area contributed by atoms with Gasteiger partial charge in [0.15, 0.2) is 11.5 Å². The van der Waals surface area contributed by atoms with Crippen LogP contribution in [0.1, 0.15) is 19.4 Å². The number of thioether (sulfide) groups is 1. The van der Waals surface area contributed by atoms with Crippen LogP contribution in [0.4, 0.5) is 4.79 Å². The van der Waals surface area contributed by atoms with E-state index in [1.165, 1.54) is 36.4 Å². The Hall–Kier alpha value is -3.31. The summed E-state index contributed by atoms with van der Waals surface area (Å²) in [4.78, 5) is 37.3. The zero-order valence-electron chi connectivity index (χ0n) is 17.8. The van der Waals surface area contributed by atoms with Gasteiger partial charge in [0.05, 0.1) is 18.1 Å². The molecule has 3 rings (SSSR count). The maximum Gasteiger partial charge on any atom is 0.339 e. The molecule has 0 N–H and O–H groups in total. The Bertz CT molecular complexity index is 1190. The predicted octanol–water partition coefficient (Wildman–Crippen LogP) is 3.45. The summed E-state index contributed by atoms with van der Waals surface area (Å²) in [5, 5.41) is -0.585. The second kappa shape index (κ2) is 10.5. The normalized spacial score (nSPS) is 15.1. The molecule has 0 spiro atoms. The minimum Gasteiger partial charge on any atom is -0.490 e. The SMILES string of the molecule is CCOC(=O)CN1C(=O)S/C(=C\c2ccc(OS(=O)(=O)c3ccccc3)c(OCC)c2)C1=O. The number of esters is 1. The molecule has 1 fully saturated rings. The summed E-state index contributed by atoms with van der Waals surface area (Å²) < 4.78 is 40.7. The molecule has 1 saturated heterocycles. The first-order chi connectivity index (χ1) is 15.7. The summed E-state index contributed by atoms with van der Waals surface area (Å²) >= 11 is 0.690. The summed E-state index contributed by atoms with van der Waals surface area (Å²) in [6, 6.07) is 12.1. The lowest BCUT2D eigenvalue weighted by atomic mass is 10.2. The van der Waals surface area contributed by atoms with Crippen molar-refractivity contribution in [1.29, 1.82) is 0 Å². The molecule has 1 aliphatic heterocycles. The minimum atomic E-state index is -4.08. The van der Waals surface area contributed by atoms with Crippen LogP contribution in [0.2, 0.25) is 0 Å². The zero-order valence-corrected chi connectivity index (χ0v) is 19.5. The van der Waals surface area contributed by atoms with Gasteiger partial charge in [0.1, 0.15) is 11.4 Å². The van der Waals surface area contributed by atoms with Crippen molar-refractivity contribution < 1.29 is 36.5 Å². The number of benzene rings is 2. The van der Waals surface area contributed by atoms with E-state index in [2.05, 4.69) is 0 Å². The van der Waals surface area contributed by atoms with Gasteiger partial charge in [-0.1, -0.05) is 24.3 Å². The first kappa shape index (κ1) is 24.3. The fourth-order valence-corrected chi connectivity index (χ4v) is 4.63. The van der Waals surface area contributed by atoms with Gasteiger partial charge < -0.3 is 13.7 Å². The first-order valence-corrected chi connectivity index (χ1v) is 12.1. The average molecular weight is 492 g/mol. The third-order valence-electron chi connectivity index (χ3n) is 4.26. The van der Waals surface area contributed by atoms with Crippen molar-refractivity contribution in [3.8, 4) is 11.5 Å². The maximum atomic E-state index is 12.6. The van der Waals surface area contributed by atoms with Crippen molar-refractivity contribution >= 4 is 45.1 Å². The van der Waals surface area contributed by atoms with E-state index in [1.807, 2.05) is 0 Å². The number of hydrogen-bond acceptors (Lipinski definition) is 9. The number of nitrogens with zero attached hydrogens (tertiary/aromatic N) is 1. The number of carbonyl (C=O) groups excluding carboxylic acids is 3. The molecule has 0 radical (unpaired) electrons. The smallest absolute Gasteiger partial charge is 0.339 e. The van der Waals surface area contributed by atoms with E-state index in [9.17, 15) is 22.8 Å². The van der Waals surface area contributed by atoms with Gasteiger partial charge in [-0.05, 0) is 61.5 Å². The Morgan fingerprint density at radius 1 is 1.03 bits per heavy atom. The van der Waals surface area contributed by atoms with Crippen molar-refractivity contribution in [3.05, 3.63) is 59.0 Å². The Labute approximate surface area is 195 Å². The van der Waals surface area contributed by atoms with Crippen LogP contribution in [-0.2, 0) is 24.4 Å². The maximum absolute atomic E-state index is 12.6. The van der Waals surface area contributed by atoms with Crippen LogP contribution in [-0.4, -0.2) is 50.2 Å². The monoisotopic (exact) mass is 491 g/mol. The van der Waals surface area contributed by atoms with E-state index in [4.69, 9.17) is 13.7 Å².